The number of nitrogens with one attached hydrogen (secondary N) is 1. The third kappa shape index (κ3) is 4.29. The first-order valence-electron chi connectivity index (χ1n) is 10.6. The quantitative estimate of drug-likeness (QED) is 0.587. The fourth-order valence-corrected chi connectivity index (χ4v) is 4.52. The smallest absolute Gasteiger partial charge is 0.243 e. The number of likely N-dealkylation sites (tertiary alicyclic amines) is 1. The Balaban J connectivity index is 1.83. The van der Waals surface area contributed by atoms with Crippen LogP contribution in [0, 0.1) is 31.6 Å². The van der Waals surface area contributed by atoms with E-state index in [2.05, 4.69) is 11.4 Å². The van der Waals surface area contributed by atoms with E-state index in [-0.39, 0.29) is 41.5 Å². The van der Waals surface area contributed by atoms with Crippen molar-refractivity contribution in [1.82, 2.24) is 10.2 Å². The van der Waals surface area contributed by atoms with Gasteiger partial charge in [0.1, 0.15) is 6.04 Å². The number of nitrogens with zero attached hydrogens (tertiary/aromatic N) is 1. The van der Waals surface area contributed by atoms with Crippen LogP contribution in [-0.4, -0.2) is 28.7 Å². The van der Waals surface area contributed by atoms with Gasteiger partial charge in [-0.15, -0.1) is 0 Å². The molecule has 0 bridgehead atoms. The maximum absolute atomic E-state index is 13.3. The second kappa shape index (κ2) is 8.52. The zero-order valence-electron chi connectivity index (χ0n) is 18.1. The fourth-order valence-electron chi connectivity index (χ4n) is 4.52. The molecule has 0 radical (unpaired) electrons. The van der Waals surface area contributed by atoms with E-state index in [4.69, 9.17) is 0 Å². The number of rotatable bonds is 6. The van der Waals surface area contributed by atoms with Crippen molar-refractivity contribution in [3.8, 4) is 0 Å². The molecule has 3 amide bonds. The zero-order chi connectivity index (χ0) is 21.3. The molecule has 1 aromatic carbocycles. The molecule has 1 heterocycles. The first kappa shape index (κ1) is 21.3. The first-order chi connectivity index (χ1) is 13.7. The third-order valence-electron chi connectivity index (χ3n) is 6.11. The van der Waals surface area contributed by atoms with Crippen LogP contribution >= 0.6 is 0 Å². The number of allylic oxidation sites excluding steroid dienone is 2. The molecule has 0 spiro atoms. The van der Waals surface area contributed by atoms with E-state index in [9.17, 15) is 14.4 Å². The SMILES string of the molecule is Cc1ccc(C)c(C(C)NC(=O)C(CC(C)C)N2C(=O)C3CC=CCC3C2=O)c1. The molecule has 5 heteroatoms. The Labute approximate surface area is 173 Å². The van der Waals surface area contributed by atoms with E-state index in [0.717, 1.165) is 16.7 Å². The molecule has 29 heavy (non-hydrogen) atoms. The number of imide groups is 1. The summed E-state index contributed by atoms with van der Waals surface area (Å²) in [5, 5.41) is 3.07. The maximum atomic E-state index is 13.3. The van der Waals surface area contributed by atoms with Gasteiger partial charge in [0, 0.05) is 0 Å². The van der Waals surface area contributed by atoms with Crippen LogP contribution in [0.5, 0.6) is 0 Å². The molecule has 1 aromatic rings. The van der Waals surface area contributed by atoms with Gasteiger partial charge >= 0.3 is 0 Å². The molecule has 1 N–H and O–H groups in total. The summed E-state index contributed by atoms with van der Waals surface area (Å²) < 4.78 is 0. The summed E-state index contributed by atoms with van der Waals surface area (Å²) in [5.41, 5.74) is 3.29. The summed E-state index contributed by atoms with van der Waals surface area (Å²) in [7, 11) is 0. The molecule has 5 nitrogen and oxygen atoms in total. The number of aryl methyl sites for hydroxylation is 2. The lowest BCUT2D eigenvalue weighted by atomic mass is 9.85. The molecular weight excluding hydrogens is 364 g/mol. The lowest BCUT2D eigenvalue weighted by Gasteiger charge is -2.29. The summed E-state index contributed by atoms with van der Waals surface area (Å²) >= 11 is 0. The van der Waals surface area contributed by atoms with Crippen molar-refractivity contribution in [2.75, 3.05) is 0 Å². The average molecular weight is 397 g/mol. The molecular formula is C24H32N2O3. The van der Waals surface area contributed by atoms with Gasteiger partial charge in [-0.1, -0.05) is 49.8 Å². The number of benzene rings is 1. The van der Waals surface area contributed by atoms with E-state index >= 15 is 0 Å². The van der Waals surface area contributed by atoms with Gasteiger partial charge in [-0.05, 0) is 57.1 Å². The number of hydrogen-bond donors (Lipinski definition) is 1. The Hall–Kier alpha value is -2.43. The average Bonchev–Trinajstić information content (AvgIpc) is 2.92. The number of carbonyl (C=O) groups excluding carboxylic acids is 3. The molecule has 2 aliphatic rings. The summed E-state index contributed by atoms with van der Waals surface area (Å²) in [4.78, 5) is 40.6. The maximum Gasteiger partial charge on any atom is 0.243 e. The minimum Gasteiger partial charge on any atom is -0.348 e. The Morgan fingerprint density at radius 3 is 2.21 bits per heavy atom. The van der Waals surface area contributed by atoms with Crippen molar-refractivity contribution in [2.24, 2.45) is 17.8 Å². The van der Waals surface area contributed by atoms with Crippen molar-refractivity contribution in [1.29, 1.82) is 0 Å². The monoisotopic (exact) mass is 396 g/mol. The second-order valence-corrected chi connectivity index (χ2v) is 8.94. The van der Waals surface area contributed by atoms with Crippen LogP contribution in [0.4, 0.5) is 0 Å². The van der Waals surface area contributed by atoms with Crippen molar-refractivity contribution < 1.29 is 14.4 Å². The van der Waals surface area contributed by atoms with Crippen molar-refractivity contribution in [2.45, 2.75) is 66.0 Å². The highest BCUT2D eigenvalue weighted by Crippen LogP contribution is 2.37. The Morgan fingerprint density at radius 1 is 1.07 bits per heavy atom. The van der Waals surface area contributed by atoms with E-state index < -0.39 is 6.04 Å². The first-order valence-corrected chi connectivity index (χ1v) is 10.6. The molecule has 4 unspecified atom stereocenters. The summed E-state index contributed by atoms with van der Waals surface area (Å²) in [6.07, 6.45) is 5.57. The highest BCUT2D eigenvalue weighted by molar-refractivity contribution is 6.08. The van der Waals surface area contributed by atoms with Gasteiger partial charge in [0.15, 0.2) is 0 Å². The summed E-state index contributed by atoms with van der Waals surface area (Å²) in [6, 6.07) is 5.21. The van der Waals surface area contributed by atoms with Crippen LogP contribution in [0.25, 0.3) is 0 Å². The van der Waals surface area contributed by atoms with Crippen molar-refractivity contribution in [3.63, 3.8) is 0 Å². The molecule has 4 atom stereocenters. The number of carbonyl (C=O) groups is 3. The zero-order valence-corrected chi connectivity index (χ0v) is 18.1. The van der Waals surface area contributed by atoms with Gasteiger partial charge in [-0.2, -0.15) is 0 Å². The molecule has 1 aliphatic carbocycles. The van der Waals surface area contributed by atoms with E-state index in [1.807, 2.05) is 58.9 Å². The van der Waals surface area contributed by atoms with Crippen molar-refractivity contribution >= 4 is 17.7 Å². The molecule has 1 fully saturated rings. The molecule has 1 saturated heterocycles. The normalized spacial score (nSPS) is 23.3. The minimum atomic E-state index is -0.756. The Morgan fingerprint density at radius 2 is 1.66 bits per heavy atom. The lowest BCUT2D eigenvalue weighted by molar-refractivity contribution is -0.148. The molecule has 0 saturated carbocycles. The van der Waals surface area contributed by atoms with Crippen LogP contribution in [0.3, 0.4) is 0 Å². The van der Waals surface area contributed by atoms with E-state index in [0.29, 0.717) is 19.3 Å². The minimum absolute atomic E-state index is 0.183. The molecule has 156 valence electrons. The van der Waals surface area contributed by atoms with Gasteiger partial charge in [-0.3, -0.25) is 19.3 Å². The van der Waals surface area contributed by atoms with Gasteiger partial charge in [-0.25, -0.2) is 0 Å². The largest absolute Gasteiger partial charge is 0.348 e. The molecule has 0 aromatic heterocycles. The van der Waals surface area contributed by atoms with Gasteiger partial charge in [0.05, 0.1) is 17.9 Å². The standard InChI is InChI=1S/C24H32N2O3/c1-14(2)12-21(26-23(28)18-8-6-7-9-19(18)24(26)29)22(27)25-17(5)20-13-15(3)10-11-16(20)4/h6-7,10-11,13-14,17-19,21H,8-9,12H2,1-5H3,(H,25,27). The Bertz CT molecular complexity index is 817. The van der Waals surface area contributed by atoms with E-state index in [1.54, 1.807) is 0 Å². The number of amides is 3. The van der Waals surface area contributed by atoms with E-state index in [1.165, 1.54) is 4.90 Å². The summed E-state index contributed by atoms with van der Waals surface area (Å²) in [6.45, 7) is 10.0. The highest BCUT2D eigenvalue weighted by Gasteiger charge is 2.51. The van der Waals surface area contributed by atoms with Crippen LogP contribution in [0.2, 0.25) is 0 Å². The second-order valence-electron chi connectivity index (χ2n) is 8.94. The predicted octanol–water partition coefficient (Wildman–Crippen LogP) is 3.85. The van der Waals surface area contributed by atoms with Crippen LogP contribution < -0.4 is 5.32 Å². The van der Waals surface area contributed by atoms with Gasteiger partial charge in [0.2, 0.25) is 17.7 Å². The number of fused-ring (bicyclic) bond motifs is 1. The lowest BCUT2D eigenvalue weighted by Crippen LogP contribution is -2.51. The van der Waals surface area contributed by atoms with Gasteiger partial charge < -0.3 is 5.32 Å². The molecule has 3 rings (SSSR count). The fraction of sp³-hybridized carbons (Fsp3) is 0.542. The van der Waals surface area contributed by atoms with Crippen molar-refractivity contribution in [3.05, 3.63) is 47.0 Å². The van der Waals surface area contributed by atoms with Crippen LogP contribution in [0.1, 0.15) is 62.8 Å². The highest BCUT2D eigenvalue weighted by atomic mass is 16.2. The topological polar surface area (TPSA) is 66.5 Å². The Kier molecular flexibility index (Phi) is 6.25. The van der Waals surface area contributed by atoms with Gasteiger partial charge in [0.25, 0.3) is 0 Å². The number of hydrogen-bond acceptors (Lipinski definition) is 3. The molecule has 1 aliphatic heterocycles. The van der Waals surface area contributed by atoms with Crippen LogP contribution in [-0.2, 0) is 14.4 Å². The third-order valence-corrected chi connectivity index (χ3v) is 6.11. The predicted molar refractivity (Wildman–Crippen MR) is 113 cm³/mol. The van der Waals surface area contributed by atoms with Crippen LogP contribution in [0.15, 0.2) is 30.4 Å². The summed E-state index contributed by atoms with van der Waals surface area (Å²) in [5.74, 6) is -1.07.